The van der Waals surface area contributed by atoms with Crippen LogP contribution in [0.15, 0.2) is 27.8 Å². The van der Waals surface area contributed by atoms with E-state index in [2.05, 4.69) is 17.2 Å². The number of fused-ring (bicyclic) bond motifs is 1. The predicted molar refractivity (Wildman–Crippen MR) is 89.3 cm³/mol. The molecule has 1 aromatic heterocycles. The molecule has 22 heavy (non-hydrogen) atoms. The number of hydrogen-bond donors (Lipinski definition) is 1. The summed E-state index contributed by atoms with van der Waals surface area (Å²) in [4.78, 5) is 16.4. The first-order chi connectivity index (χ1) is 10.6. The maximum absolute atomic E-state index is 12.1. The number of nitrogens with one attached hydrogen (secondary N) is 1. The fourth-order valence-corrected chi connectivity index (χ4v) is 3.66. The number of amides is 1. The molecule has 0 saturated heterocycles. The molecule has 0 spiro atoms. The monoisotopic (exact) mass is 338 g/mol. The maximum Gasteiger partial charge on any atom is 0.257 e. The van der Waals surface area contributed by atoms with Crippen molar-refractivity contribution in [2.75, 3.05) is 5.75 Å². The van der Waals surface area contributed by atoms with Crippen molar-refractivity contribution in [2.45, 2.75) is 43.9 Å². The highest BCUT2D eigenvalue weighted by molar-refractivity contribution is 7.99. The summed E-state index contributed by atoms with van der Waals surface area (Å²) < 4.78 is 5.60. The fourth-order valence-electron chi connectivity index (χ4n) is 2.85. The SMILES string of the molecule is C[C@@H]1CCCC[C@H]1NC(=O)CSc1nc2ccc(Cl)cc2o1. The highest BCUT2D eigenvalue weighted by Gasteiger charge is 2.22. The number of hydrogen-bond acceptors (Lipinski definition) is 4. The Kier molecular flexibility index (Phi) is 4.93. The van der Waals surface area contributed by atoms with E-state index >= 15 is 0 Å². The average molecular weight is 339 g/mol. The summed E-state index contributed by atoms with van der Waals surface area (Å²) in [5.74, 6) is 0.933. The maximum atomic E-state index is 12.1. The van der Waals surface area contributed by atoms with Crippen LogP contribution in [-0.2, 0) is 4.79 Å². The van der Waals surface area contributed by atoms with Crippen LogP contribution in [0.5, 0.6) is 0 Å². The molecule has 3 rings (SSSR count). The molecule has 2 aromatic rings. The Morgan fingerprint density at radius 1 is 1.45 bits per heavy atom. The Morgan fingerprint density at radius 2 is 2.27 bits per heavy atom. The van der Waals surface area contributed by atoms with Crippen molar-refractivity contribution in [3.05, 3.63) is 23.2 Å². The van der Waals surface area contributed by atoms with Crippen LogP contribution in [0, 0.1) is 5.92 Å². The van der Waals surface area contributed by atoms with Crippen molar-refractivity contribution in [3.8, 4) is 0 Å². The highest BCUT2D eigenvalue weighted by atomic mass is 35.5. The minimum atomic E-state index is 0.0454. The Labute approximate surface area is 139 Å². The lowest BCUT2D eigenvalue weighted by Crippen LogP contribution is -2.41. The van der Waals surface area contributed by atoms with Gasteiger partial charge in [0, 0.05) is 17.1 Å². The molecule has 0 bridgehead atoms. The van der Waals surface area contributed by atoms with Gasteiger partial charge in [-0.15, -0.1) is 0 Å². The molecule has 1 amide bonds. The van der Waals surface area contributed by atoms with Crippen molar-refractivity contribution in [1.29, 1.82) is 0 Å². The van der Waals surface area contributed by atoms with Crippen molar-refractivity contribution in [2.24, 2.45) is 5.92 Å². The summed E-state index contributed by atoms with van der Waals surface area (Å²) in [6, 6.07) is 5.63. The third-order valence-electron chi connectivity index (χ3n) is 4.12. The van der Waals surface area contributed by atoms with Gasteiger partial charge in [-0.2, -0.15) is 0 Å². The molecule has 1 fully saturated rings. The topological polar surface area (TPSA) is 55.1 Å². The van der Waals surface area contributed by atoms with Gasteiger partial charge in [-0.3, -0.25) is 4.79 Å². The van der Waals surface area contributed by atoms with E-state index in [1.54, 1.807) is 12.1 Å². The molecule has 1 N–H and O–H groups in total. The number of oxazole rings is 1. The summed E-state index contributed by atoms with van der Waals surface area (Å²) in [5, 5.41) is 4.25. The summed E-state index contributed by atoms with van der Waals surface area (Å²) in [6.07, 6.45) is 4.75. The molecule has 4 nitrogen and oxygen atoms in total. The van der Waals surface area contributed by atoms with Crippen LogP contribution < -0.4 is 5.32 Å². The average Bonchev–Trinajstić information content (AvgIpc) is 2.89. The van der Waals surface area contributed by atoms with Crippen LogP contribution in [0.25, 0.3) is 11.1 Å². The Hall–Kier alpha value is -1.20. The minimum Gasteiger partial charge on any atom is -0.431 e. The van der Waals surface area contributed by atoms with Crippen LogP contribution >= 0.6 is 23.4 Å². The number of aromatic nitrogens is 1. The number of carbonyl (C=O) groups is 1. The molecule has 1 saturated carbocycles. The van der Waals surface area contributed by atoms with E-state index in [9.17, 15) is 4.79 Å². The van der Waals surface area contributed by atoms with Gasteiger partial charge in [0.1, 0.15) is 5.52 Å². The van der Waals surface area contributed by atoms with Crippen LogP contribution in [0.3, 0.4) is 0 Å². The van der Waals surface area contributed by atoms with Crippen LogP contribution in [0.2, 0.25) is 5.02 Å². The lowest BCUT2D eigenvalue weighted by molar-refractivity contribution is -0.119. The van der Waals surface area contributed by atoms with E-state index in [1.165, 1.54) is 31.0 Å². The second-order valence-electron chi connectivity index (χ2n) is 5.82. The molecular formula is C16H19ClN2O2S. The molecule has 0 radical (unpaired) electrons. The standard InChI is InChI=1S/C16H19ClN2O2S/c1-10-4-2-3-5-12(10)18-15(20)9-22-16-19-13-7-6-11(17)8-14(13)21-16/h6-8,10,12H,2-5,9H2,1H3,(H,18,20)/t10-,12-/m1/s1. The van der Waals surface area contributed by atoms with Crippen LogP contribution in [-0.4, -0.2) is 22.7 Å². The van der Waals surface area contributed by atoms with Crippen molar-refractivity contribution >= 4 is 40.4 Å². The molecule has 0 unspecified atom stereocenters. The molecule has 6 heteroatoms. The molecule has 1 aliphatic rings. The zero-order valence-corrected chi connectivity index (χ0v) is 14.0. The molecule has 0 aliphatic heterocycles. The molecule has 1 aromatic carbocycles. The molecule has 1 heterocycles. The van der Waals surface area contributed by atoms with Gasteiger partial charge in [-0.25, -0.2) is 4.98 Å². The first-order valence-corrected chi connectivity index (χ1v) is 8.96. The third kappa shape index (κ3) is 3.76. The number of carbonyl (C=O) groups excluding carboxylic acids is 1. The Bertz CT molecular complexity index is 673. The van der Waals surface area contributed by atoms with Gasteiger partial charge in [0.25, 0.3) is 5.22 Å². The lowest BCUT2D eigenvalue weighted by atomic mass is 9.86. The number of halogens is 1. The van der Waals surface area contributed by atoms with Gasteiger partial charge >= 0.3 is 0 Å². The Balaban J connectivity index is 1.55. The summed E-state index contributed by atoms with van der Waals surface area (Å²) in [7, 11) is 0. The number of nitrogens with zero attached hydrogens (tertiary/aromatic N) is 1. The zero-order valence-electron chi connectivity index (χ0n) is 12.5. The van der Waals surface area contributed by atoms with Gasteiger partial charge in [-0.05, 0) is 30.9 Å². The van der Waals surface area contributed by atoms with Gasteiger partial charge in [0.2, 0.25) is 5.91 Å². The molecule has 118 valence electrons. The van der Waals surface area contributed by atoms with Crippen molar-refractivity contribution in [3.63, 3.8) is 0 Å². The smallest absolute Gasteiger partial charge is 0.257 e. The molecular weight excluding hydrogens is 320 g/mol. The molecule has 2 atom stereocenters. The summed E-state index contributed by atoms with van der Waals surface area (Å²) in [5.41, 5.74) is 1.41. The highest BCUT2D eigenvalue weighted by Crippen LogP contribution is 2.26. The van der Waals surface area contributed by atoms with E-state index in [-0.39, 0.29) is 5.91 Å². The predicted octanol–water partition coefficient (Wildman–Crippen LogP) is 4.27. The second kappa shape index (κ2) is 6.92. The van der Waals surface area contributed by atoms with E-state index in [1.807, 2.05) is 6.07 Å². The van der Waals surface area contributed by atoms with Gasteiger partial charge in [0.15, 0.2) is 5.58 Å². The van der Waals surface area contributed by atoms with Gasteiger partial charge in [-0.1, -0.05) is 43.1 Å². The number of benzene rings is 1. The number of thioether (sulfide) groups is 1. The van der Waals surface area contributed by atoms with Crippen LogP contribution in [0.1, 0.15) is 32.6 Å². The van der Waals surface area contributed by atoms with Crippen molar-refractivity contribution in [1.82, 2.24) is 10.3 Å². The van der Waals surface area contributed by atoms with Gasteiger partial charge < -0.3 is 9.73 Å². The van der Waals surface area contributed by atoms with Crippen molar-refractivity contribution < 1.29 is 9.21 Å². The minimum absolute atomic E-state index is 0.0454. The summed E-state index contributed by atoms with van der Waals surface area (Å²) in [6.45, 7) is 2.21. The zero-order chi connectivity index (χ0) is 15.5. The van der Waals surface area contributed by atoms with E-state index < -0.39 is 0 Å². The second-order valence-corrected chi connectivity index (χ2v) is 7.18. The first kappa shape index (κ1) is 15.7. The van der Waals surface area contributed by atoms with E-state index in [0.717, 1.165) is 11.9 Å². The van der Waals surface area contributed by atoms with E-state index in [4.69, 9.17) is 16.0 Å². The summed E-state index contributed by atoms with van der Waals surface area (Å²) >= 11 is 7.24. The normalized spacial score (nSPS) is 21.9. The van der Waals surface area contributed by atoms with Gasteiger partial charge in [0.05, 0.1) is 5.75 Å². The fraction of sp³-hybridized carbons (Fsp3) is 0.500. The third-order valence-corrected chi connectivity index (χ3v) is 5.18. The molecule has 1 aliphatic carbocycles. The lowest BCUT2D eigenvalue weighted by Gasteiger charge is -2.29. The van der Waals surface area contributed by atoms with Crippen LogP contribution in [0.4, 0.5) is 0 Å². The first-order valence-electron chi connectivity index (χ1n) is 7.60. The number of rotatable bonds is 4. The largest absolute Gasteiger partial charge is 0.431 e. The van der Waals surface area contributed by atoms with E-state index in [0.29, 0.717) is 33.5 Å². The quantitative estimate of drug-likeness (QED) is 0.846. The Morgan fingerprint density at radius 3 is 3.09 bits per heavy atom.